The monoisotopic (exact) mass is 389 g/mol. The molecule has 0 saturated heterocycles. The van der Waals surface area contributed by atoms with Crippen LogP contribution in [0.5, 0.6) is 0 Å². The molecule has 0 aliphatic carbocycles. The van der Waals surface area contributed by atoms with Crippen molar-refractivity contribution in [3.05, 3.63) is 63.9 Å². The van der Waals surface area contributed by atoms with Gasteiger partial charge >= 0.3 is 5.97 Å². The van der Waals surface area contributed by atoms with Gasteiger partial charge in [-0.3, -0.25) is 14.6 Å². The maximum absolute atomic E-state index is 12.0. The van der Waals surface area contributed by atoms with Crippen LogP contribution < -0.4 is 0 Å². The molecular formula is C19H20BrNO3. The number of hydrogen-bond donors (Lipinski definition) is 0. The van der Waals surface area contributed by atoms with E-state index in [9.17, 15) is 9.59 Å². The predicted molar refractivity (Wildman–Crippen MR) is 96.0 cm³/mol. The molecule has 0 spiro atoms. The number of hydrogen-bond acceptors (Lipinski definition) is 4. The number of pyridine rings is 1. The van der Waals surface area contributed by atoms with E-state index in [0.29, 0.717) is 12.2 Å². The number of carbonyl (C=O) groups excluding carboxylic acids is 2. The number of rotatable bonds is 8. The second-order valence-corrected chi connectivity index (χ2v) is 6.44. The van der Waals surface area contributed by atoms with E-state index >= 15 is 0 Å². The number of aryl methyl sites for hydroxylation is 2. The quantitative estimate of drug-likeness (QED) is 0.383. The summed E-state index contributed by atoms with van der Waals surface area (Å²) >= 11 is 3.32. The van der Waals surface area contributed by atoms with E-state index in [4.69, 9.17) is 4.74 Å². The van der Waals surface area contributed by atoms with Crippen molar-refractivity contribution in [3.63, 3.8) is 0 Å². The van der Waals surface area contributed by atoms with Gasteiger partial charge in [-0.05, 0) is 44.0 Å². The van der Waals surface area contributed by atoms with Crippen LogP contribution in [0.4, 0.5) is 0 Å². The Labute approximate surface area is 150 Å². The van der Waals surface area contributed by atoms with Gasteiger partial charge in [0.15, 0.2) is 5.78 Å². The summed E-state index contributed by atoms with van der Waals surface area (Å²) in [5.41, 5.74) is 2.59. The molecule has 126 valence electrons. The van der Waals surface area contributed by atoms with Crippen molar-refractivity contribution in [1.29, 1.82) is 0 Å². The normalized spacial score (nSPS) is 10.4. The third-order valence-electron chi connectivity index (χ3n) is 3.51. The number of aromatic nitrogens is 1. The maximum Gasteiger partial charge on any atom is 0.306 e. The Morgan fingerprint density at radius 1 is 1.08 bits per heavy atom. The molecule has 0 amide bonds. The third-order valence-corrected chi connectivity index (χ3v) is 4.04. The summed E-state index contributed by atoms with van der Waals surface area (Å²) in [6.07, 6.45) is 1.77. The van der Waals surface area contributed by atoms with Crippen molar-refractivity contribution in [2.45, 2.75) is 32.6 Å². The molecule has 1 heterocycles. The summed E-state index contributed by atoms with van der Waals surface area (Å²) in [6, 6.07) is 13.0. The zero-order chi connectivity index (χ0) is 17.4. The summed E-state index contributed by atoms with van der Waals surface area (Å²) in [4.78, 5) is 28.1. The zero-order valence-electron chi connectivity index (χ0n) is 13.6. The smallest absolute Gasteiger partial charge is 0.306 e. The van der Waals surface area contributed by atoms with Crippen molar-refractivity contribution in [2.24, 2.45) is 0 Å². The van der Waals surface area contributed by atoms with Crippen LogP contribution in [-0.4, -0.2) is 23.3 Å². The number of Topliss-reactive ketones (excluding diaryl/α,β-unsaturated/α-hetero) is 1. The summed E-state index contributed by atoms with van der Waals surface area (Å²) in [6.45, 7) is 2.30. The van der Waals surface area contributed by atoms with Gasteiger partial charge in [0.05, 0.1) is 13.0 Å². The Hall–Kier alpha value is -2.01. The first kappa shape index (κ1) is 18.3. The highest BCUT2D eigenvalue weighted by Gasteiger charge is 2.10. The lowest BCUT2D eigenvalue weighted by Gasteiger charge is -2.05. The molecule has 5 heteroatoms. The molecule has 0 saturated carbocycles. The molecule has 0 fully saturated rings. The molecule has 1 aromatic carbocycles. The van der Waals surface area contributed by atoms with Gasteiger partial charge in [-0.25, -0.2) is 0 Å². The molecule has 24 heavy (non-hydrogen) atoms. The Balaban J connectivity index is 1.64. The predicted octanol–water partition coefficient (Wildman–Crippen LogP) is 4.29. The van der Waals surface area contributed by atoms with Crippen LogP contribution in [0.1, 0.15) is 41.0 Å². The Kier molecular flexibility index (Phi) is 7.12. The first-order chi connectivity index (χ1) is 11.5. The second-order valence-electron chi connectivity index (χ2n) is 5.52. The molecule has 0 aliphatic rings. The minimum absolute atomic E-state index is 0.0524. The van der Waals surface area contributed by atoms with Crippen LogP contribution in [-0.2, 0) is 16.0 Å². The molecule has 0 aliphatic heterocycles. The minimum atomic E-state index is -0.335. The lowest BCUT2D eigenvalue weighted by molar-refractivity contribution is -0.143. The van der Waals surface area contributed by atoms with Crippen LogP contribution in [0, 0.1) is 6.92 Å². The average molecular weight is 390 g/mol. The van der Waals surface area contributed by atoms with E-state index in [1.54, 1.807) is 12.1 Å². The molecule has 0 N–H and O–H groups in total. The Morgan fingerprint density at radius 2 is 1.83 bits per heavy atom. The largest absolute Gasteiger partial charge is 0.466 e. The fourth-order valence-corrected chi connectivity index (χ4v) is 2.51. The number of halogens is 1. The van der Waals surface area contributed by atoms with Crippen LogP contribution in [0.2, 0.25) is 0 Å². The molecule has 0 radical (unpaired) electrons. The van der Waals surface area contributed by atoms with E-state index < -0.39 is 0 Å². The molecule has 4 nitrogen and oxygen atoms in total. The Bertz CT molecular complexity index is 698. The SMILES string of the molecule is Cc1cccc(CCCOC(=O)CCC(=O)c2ccc(Br)cc2)n1. The van der Waals surface area contributed by atoms with Gasteiger partial charge in [0, 0.05) is 27.8 Å². The second kappa shape index (κ2) is 9.33. The highest BCUT2D eigenvalue weighted by molar-refractivity contribution is 9.10. The number of esters is 1. The van der Waals surface area contributed by atoms with Crippen LogP contribution in [0.25, 0.3) is 0 Å². The highest BCUT2D eigenvalue weighted by Crippen LogP contribution is 2.13. The van der Waals surface area contributed by atoms with E-state index in [-0.39, 0.29) is 24.6 Å². The molecule has 2 rings (SSSR count). The van der Waals surface area contributed by atoms with Crippen molar-refractivity contribution >= 4 is 27.7 Å². The summed E-state index contributed by atoms with van der Waals surface area (Å²) < 4.78 is 6.09. The molecule has 0 unspecified atom stereocenters. The molecule has 0 atom stereocenters. The van der Waals surface area contributed by atoms with Crippen LogP contribution in [0.3, 0.4) is 0 Å². The van der Waals surface area contributed by atoms with Gasteiger partial charge in [-0.2, -0.15) is 0 Å². The number of carbonyl (C=O) groups is 2. The van der Waals surface area contributed by atoms with Crippen molar-refractivity contribution in [3.8, 4) is 0 Å². The zero-order valence-corrected chi connectivity index (χ0v) is 15.2. The number of nitrogens with zero attached hydrogens (tertiary/aromatic N) is 1. The standard InChI is InChI=1S/C19H20BrNO3/c1-14-4-2-5-17(21-14)6-3-13-24-19(23)12-11-18(22)15-7-9-16(20)10-8-15/h2,4-5,7-10H,3,6,11-13H2,1H3. The van der Waals surface area contributed by atoms with Crippen molar-refractivity contribution < 1.29 is 14.3 Å². The van der Waals surface area contributed by atoms with E-state index in [1.807, 2.05) is 37.3 Å². The highest BCUT2D eigenvalue weighted by atomic mass is 79.9. The fourth-order valence-electron chi connectivity index (χ4n) is 2.25. The summed E-state index contributed by atoms with van der Waals surface area (Å²) in [5, 5.41) is 0. The van der Waals surface area contributed by atoms with E-state index in [0.717, 1.165) is 28.7 Å². The van der Waals surface area contributed by atoms with Crippen molar-refractivity contribution in [1.82, 2.24) is 4.98 Å². The van der Waals surface area contributed by atoms with Crippen molar-refractivity contribution in [2.75, 3.05) is 6.61 Å². The van der Waals surface area contributed by atoms with Gasteiger partial charge in [0.25, 0.3) is 0 Å². The lowest BCUT2D eigenvalue weighted by Crippen LogP contribution is -2.09. The molecular weight excluding hydrogens is 370 g/mol. The van der Waals surface area contributed by atoms with Crippen LogP contribution >= 0.6 is 15.9 Å². The van der Waals surface area contributed by atoms with E-state index in [2.05, 4.69) is 20.9 Å². The van der Waals surface area contributed by atoms with Gasteiger partial charge in [0.1, 0.15) is 0 Å². The molecule has 0 bridgehead atoms. The first-order valence-electron chi connectivity index (χ1n) is 7.91. The van der Waals surface area contributed by atoms with Gasteiger partial charge < -0.3 is 4.74 Å². The minimum Gasteiger partial charge on any atom is -0.466 e. The van der Waals surface area contributed by atoms with Crippen LogP contribution in [0.15, 0.2) is 46.9 Å². The molecule has 1 aromatic heterocycles. The first-order valence-corrected chi connectivity index (χ1v) is 8.71. The topological polar surface area (TPSA) is 56.3 Å². The van der Waals surface area contributed by atoms with Gasteiger partial charge in [-0.1, -0.05) is 34.1 Å². The average Bonchev–Trinajstić information content (AvgIpc) is 2.57. The maximum atomic E-state index is 12.0. The number of ketones is 1. The fraction of sp³-hybridized carbons (Fsp3) is 0.316. The summed E-state index contributed by atoms with van der Waals surface area (Å²) in [5.74, 6) is -0.388. The number of benzene rings is 1. The third kappa shape index (κ3) is 6.24. The number of ether oxygens (including phenoxy) is 1. The summed E-state index contributed by atoms with van der Waals surface area (Å²) in [7, 11) is 0. The van der Waals surface area contributed by atoms with Gasteiger partial charge in [0.2, 0.25) is 0 Å². The lowest BCUT2D eigenvalue weighted by atomic mass is 10.1. The molecule has 2 aromatic rings. The van der Waals surface area contributed by atoms with Gasteiger partial charge in [-0.15, -0.1) is 0 Å². The Morgan fingerprint density at radius 3 is 2.54 bits per heavy atom. The van der Waals surface area contributed by atoms with E-state index in [1.165, 1.54) is 0 Å².